The highest BCUT2D eigenvalue weighted by Crippen LogP contribution is 2.31. The van der Waals surface area contributed by atoms with Crippen molar-refractivity contribution >= 4 is 5.91 Å². The first-order chi connectivity index (χ1) is 10.00. The number of hydrogen-bond donors (Lipinski definition) is 1. The van der Waals surface area contributed by atoms with Gasteiger partial charge in [-0.3, -0.25) is 4.79 Å². The molecule has 1 aromatic rings. The van der Waals surface area contributed by atoms with Gasteiger partial charge in [0.25, 0.3) is 0 Å². The average molecular weight is 286 g/mol. The van der Waals surface area contributed by atoms with Crippen LogP contribution in [0.2, 0.25) is 0 Å². The van der Waals surface area contributed by atoms with Crippen LogP contribution in [0.5, 0.6) is 0 Å². The Kier molecular flexibility index (Phi) is 4.64. The van der Waals surface area contributed by atoms with Gasteiger partial charge in [0.05, 0.1) is 12.1 Å². The highest BCUT2D eigenvalue weighted by Gasteiger charge is 2.41. The molecular formula is C17H22N2O2. The Morgan fingerprint density at radius 3 is 2.67 bits per heavy atom. The van der Waals surface area contributed by atoms with Gasteiger partial charge in [-0.15, -0.1) is 0 Å². The van der Waals surface area contributed by atoms with E-state index >= 15 is 0 Å². The maximum Gasteiger partial charge on any atom is 0.241 e. The maximum absolute atomic E-state index is 12.5. The fraction of sp³-hybridized carbons (Fsp3) is 0.529. The SMILES string of the molecule is Cc1cccc(C(C)NC(=O)C2(C#N)CCOCC2)c1C. The molecule has 1 aliphatic heterocycles. The maximum atomic E-state index is 12.5. The lowest BCUT2D eigenvalue weighted by atomic mass is 9.80. The van der Waals surface area contributed by atoms with Gasteiger partial charge in [-0.2, -0.15) is 5.26 Å². The monoisotopic (exact) mass is 286 g/mol. The number of carbonyl (C=O) groups is 1. The lowest BCUT2D eigenvalue weighted by Gasteiger charge is -2.31. The van der Waals surface area contributed by atoms with Crippen molar-refractivity contribution < 1.29 is 9.53 Å². The van der Waals surface area contributed by atoms with Crippen LogP contribution < -0.4 is 5.32 Å². The van der Waals surface area contributed by atoms with E-state index in [-0.39, 0.29) is 11.9 Å². The standard InChI is InChI=1S/C17H22N2O2/c1-12-5-4-6-15(13(12)2)14(3)19-16(20)17(11-18)7-9-21-10-8-17/h4-6,14H,7-10H2,1-3H3,(H,19,20). The van der Waals surface area contributed by atoms with Gasteiger partial charge in [0, 0.05) is 13.2 Å². The molecule has 1 aromatic carbocycles. The van der Waals surface area contributed by atoms with Crippen LogP contribution in [0.15, 0.2) is 18.2 Å². The smallest absolute Gasteiger partial charge is 0.241 e. The van der Waals surface area contributed by atoms with Gasteiger partial charge in [-0.1, -0.05) is 18.2 Å². The molecule has 1 saturated heterocycles. The molecule has 1 atom stereocenters. The van der Waals surface area contributed by atoms with E-state index in [1.54, 1.807) is 0 Å². The number of hydrogen-bond acceptors (Lipinski definition) is 3. The number of carbonyl (C=O) groups excluding carboxylic acids is 1. The van der Waals surface area contributed by atoms with E-state index in [0.717, 1.165) is 5.56 Å². The Bertz CT molecular complexity index is 569. The zero-order valence-corrected chi connectivity index (χ0v) is 12.9. The molecule has 1 N–H and O–H groups in total. The predicted molar refractivity (Wildman–Crippen MR) is 80.6 cm³/mol. The van der Waals surface area contributed by atoms with Gasteiger partial charge in [0.15, 0.2) is 0 Å². The van der Waals surface area contributed by atoms with Gasteiger partial charge in [-0.05, 0) is 50.3 Å². The van der Waals surface area contributed by atoms with Gasteiger partial charge >= 0.3 is 0 Å². The predicted octanol–water partition coefficient (Wildman–Crippen LogP) is 2.80. The Morgan fingerprint density at radius 1 is 1.38 bits per heavy atom. The Hall–Kier alpha value is -1.86. The Morgan fingerprint density at radius 2 is 2.05 bits per heavy atom. The number of amides is 1. The summed E-state index contributed by atoms with van der Waals surface area (Å²) < 4.78 is 5.27. The Balaban J connectivity index is 2.15. The largest absolute Gasteiger partial charge is 0.381 e. The summed E-state index contributed by atoms with van der Waals surface area (Å²) in [5.74, 6) is -0.179. The van der Waals surface area contributed by atoms with Crippen molar-refractivity contribution in [2.45, 2.75) is 39.7 Å². The third-order valence-corrected chi connectivity index (χ3v) is 4.46. The second-order valence-electron chi connectivity index (χ2n) is 5.79. The minimum atomic E-state index is -0.940. The molecule has 1 aliphatic rings. The summed E-state index contributed by atoms with van der Waals surface area (Å²) in [5, 5.41) is 12.4. The van der Waals surface area contributed by atoms with Gasteiger partial charge in [0.1, 0.15) is 5.41 Å². The van der Waals surface area contributed by atoms with Crippen LogP contribution in [0.25, 0.3) is 0 Å². The van der Waals surface area contributed by atoms with Crippen LogP contribution in [0.3, 0.4) is 0 Å². The first-order valence-electron chi connectivity index (χ1n) is 7.36. The second-order valence-corrected chi connectivity index (χ2v) is 5.79. The van der Waals surface area contributed by atoms with Crippen molar-refractivity contribution in [3.05, 3.63) is 34.9 Å². The number of nitriles is 1. The zero-order chi connectivity index (χ0) is 15.5. The van der Waals surface area contributed by atoms with Crippen LogP contribution in [-0.4, -0.2) is 19.1 Å². The molecule has 1 heterocycles. The number of rotatable bonds is 3. The lowest BCUT2D eigenvalue weighted by molar-refractivity contribution is -0.133. The van der Waals surface area contributed by atoms with Crippen LogP contribution in [0.1, 0.15) is 42.5 Å². The van der Waals surface area contributed by atoms with Crippen LogP contribution >= 0.6 is 0 Å². The highest BCUT2D eigenvalue weighted by atomic mass is 16.5. The minimum Gasteiger partial charge on any atom is -0.381 e. The molecule has 1 fully saturated rings. The number of benzene rings is 1. The number of nitrogens with zero attached hydrogens (tertiary/aromatic N) is 1. The van der Waals surface area contributed by atoms with Gasteiger partial charge in [-0.25, -0.2) is 0 Å². The van der Waals surface area contributed by atoms with Crippen molar-refractivity contribution in [2.24, 2.45) is 5.41 Å². The van der Waals surface area contributed by atoms with Crippen LogP contribution in [0, 0.1) is 30.6 Å². The molecule has 0 aliphatic carbocycles. The summed E-state index contributed by atoms with van der Waals surface area (Å²) in [7, 11) is 0. The summed E-state index contributed by atoms with van der Waals surface area (Å²) in [6.45, 7) is 7.02. The van der Waals surface area contributed by atoms with Crippen molar-refractivity contribution in [2.75, 3.05) is 13.2 Å². The van der Waals surface area contributed by atoms with E-state index in [9.17, 15) is 10.1 Å². The third-order valence-electron chi connectivity index (χ3n) is 4.46. The molecule has 1 amide bonds. The second kappa shape index (κ2) is 6.28. The fourth-order valence-electron chi connectivity index (χ4n) is 2.76. The third kappa shape index (κ3) is 3.08. The summed E-state index contributed by atoms with van der Waals surface area (Å²) in [6, 6.07) is 8.18. The van der Waals surface area contributed by atoms with E-state index in [1.807, 2.05) is 19.1 Å². The minimum absolute atomic E-state index is 0.106. The van der Waals surface area contributed by atoms with Crippen molar-refractivity contribution in [3.63, 3.8) is 0 Å². The summed E-state index contributed by atoms with van der Waals surface area (Å²) in [4.78, 5) is 12.5. The van der Waals surface area contributed by atoms with Crippen molar-refractivity contribution in [1.29, 1.82) is 5.26 Å². The zero-order valence-electron chi connectivity index (χ0n) is 12.9. The lowest BCUT2D eigenvalue weighted by Crippen LogP contribution is -2.44. The number of nitrogens with one attached hydrogen (secondary N) is 1. The van der Waals surface area contributed by atoms with E-state index in [2.05, 4.69) is 31.3 Å². The van der Waals surface area contributed by atoms with E-state index in [1.165, 1.54) is 11.1 Å². The molecule has 0 radical (unpaired) electrons. The summed E-state index contributed by atoms with van der Waals surface area (Å²) in [6.07, 6.45) is 0.934. The molecule has 0 bridgehead atoms. The molecular weight excluding hydrogens is 264 g/mol. The van der Waals surface area contributed by atoms with E-state index in [0.29, 0.717) is 26.1 Å². The molecule has 2 rings (SSSR count). The summed E-state index contributed by atoms with van der Waals surface area (Å²) in [5.41, 5.74) is 2.55. The molecule has 112 valence electrons. The molecule has 0 saturated carbocycles. The normalized spacial score (nSPS) is 18.6. The quantitative estimate of drug-likeness (QED) is 0.929. The van der Waals surface area contributed by atoms with E-state index in [4.69, 9.17) is 4.74 Å². The van der Waals surface area contributed by atoms with Gasteiger partial charge < -0.3 is 10.1 Å². The average Bonchev–Trinajstić information content (AvgIpc) is 2.50. The molecule has 0 spiro atoms. The Labute approximate surface area is 126 Å². The van der Waals surface area contributed by atoms with E-state index < -0.39 is 5.41 Å². The van der Waals surface area contributed by atoms with Crippen molar-refractivity contribution in [1.82, 2.24) is 5.32 Å². The van der Waals surface area contributed by atoms with Crippen LogP contribution in [0.4, 0.5) is 0 Å². The molecule has 21 heavy (non-hydrogen) atoms. The van der Waals surface area contributed by atoms with Crippen LogP contribution in [-0.2, 0) is 9.53 Å². The highest BCUT2D eigenvalue weighted by molar-refractivity contribution is 5.85. The summed E-state index contributed by atoms with van der Waals surface area (Å²) >= 11 is 0. The molecule has 0 aromatic heterocycles. The first-order valence-corrected chi connectivity index (χ1v) is 7.36. The first kappa shape index (κ1) is 15.5. The molecule has 4 heteroatoms. The van der Waals surface area contributed by atoms with Crippen molar-refractivity contribution in [3.8, 4) is 6.07 Å². The fourth-order valence-corrected chi connectivity index (χ4v) is 2.76. The number of aryl methyl sites for hydroxylation is 1. The molecule has 1 unspecified atom stereocenters. The number of ether oxygens (including phenoxy) is 1. The van der Waals surface area contributed by atoms with Gasteiger partial charge in [0.2, 0.25) is 5.91 Å². The topological polar surface area (TPSA) is 62.1 Å². The molecule has 4 nitrogen and oxygen atoms in total.